The zero-order chi connectivity index (χ0) is 27.1. The van der Waals surface area contributed by atoms with Gasteiger partial charge in [-0.25, -0.2) is 0 Å². The Morgan fingerprint density at radius 1 is 0.925 bits per heavy atom. The van der Waals surface area contributed by atoms with E-state index in [1.165, 1.54) is 11.1 Å². The van der Waals surface area contributed by atoms with Crippen LogP contribution in [0.2, 0.25) is 0 Å². The second kappa shape index (κ2) is 8.40. The summed E-state index contributed by atoms with van der Waals surface area (Å²) < 4.78 is 0. The maximum Gasteiger partial charge on any atom is 0.253 e. The highest BCUT2D eigenvalue weighted by Gasteiger charge is 3.00. The maximum absolute atomic E-state index is 13.9. The minimum Gasteiger partial charge on any atom is -0.369 e. The Bertz CT molecular complexity index is 1530. The fourth-order valence-electron chi connectivity index (χ4n) is 9.88. The molecule has 2 saturated heterocycles. The van der Waals surface area contributed by atoms with Crippen LogP contribution in [0.1, 0.15) is 45.8 Å². The number of primary amides is 1. The molecule has 4 fully saturated rings. The van der Waals surface area contributed by atoms with Crippen LogP contribution in [-0.4, -0.2) is 42.9 Å². The average Bonchev–Trinajstić information content (AvgIpc) is 3.68. The molecule has 7 unspecified atom stereocenters. The predicted octanol–water partition coefficient (Wildman–Crippen LogP) is 4.61. The molecule has 8 rings (SSSR count). The number of rotatable bonds is 5. The second-order valence-corrected chi connectivity index (χ2v) is 12.6. The van der Waals surface area contributed by atoms with E-state index in [2.05, 4.69) is 53.9 Å². The van der Waals surface area contributed by atoms with Gasteiger partial charge in [-0.1, -0.05) is 84.9 Å². The number of nitrogens with two attached hydrogens (primary N) is 1. The molecule has 2 heterocycles. The lowest BCUT2D eigenvalue weighted by Gasteiger charge is -2.49. The molecule has 2 amide bonds. The van der Waals surface area contributed by atoms with Crippen molar-refractivity contribution in [1.29, 1.82) is 0 Å². The molecule has 5 aliphatic rings. The Kier molecular flexibility index (Phi) is 5.07. The topological polar surface area (TPSA) is 75.4 Å². The van der Waals surface area contributed by atoms with E-state index in [9.17, 15) is 9.59 Å². The molecule has 1 spiro atoms. The molecular formula is C35H35N3O2. The molecule has 3 aromatic carbocycles. The molecule has 3 N–H and O–H groups in total. The first-order valence-corrected chi connectivity index (χ1v) is 14.8. The number of hydrogen-bond donors (Lipinski definition) is 2. The molecule has 3 aliphatic carbocycles. The smallest absolute Gasteiger partial charge is 0.253 e. The number of nitrogens with zero attached hydrogens (tertiary/aromatic N) is 1. The van der Waals surface area contributed by atoms with Gasteiger partial charge in [-0.3, -0.25) is 9.59 Å². The molecule has 5 heteroatoms. The number of carbonyl (C=O) groups excluding carboxylic acids is 2. The lowest BCUT2D eigenvalue weighted by Crippen LogP contribution is -2.59. The number of carbonyl (C=O) groups is 2. The third-order valence-corrected chi connectivity index (χ3v) is 11.4. The monoisotopic (exact) mass is 529 g/mol. The van der Waals surface area contributed by atoms with Gasteiger partial charge in [0, 0.05) is 35.9 Å². The molecule has 0 radical (unpaired) electrons. The molecule has 40 heavy (non-hydrogen) atoms. The fourth-order valence-corrected chi connectivity index (χ4v) is 9.88. The summed E-state index contributed by atoms with van der Waals surface area (Å²) in [7, 11) is 0. The quantitative estimate of drug-likeness (QED) is 0.507. The number of allylic oxidation sites excluding steroid dienone is 1. The molecule has 0 bridgehead atoms. The lowest BCUT2D eigenvalue weighted by atomic mass is 9.58. The minimum atomic E-state index is -0.831. The zero-order valence-corrected chi connectivity index (χ0v) is 22.6. The molecule has 0 aromatic heterocycles. The van der Waals surface area contributed by atoms with Crippen molar-refractivity contribution in [2.24, 2.45) is 34.3 Å². The van der Waals surface area contributed by atoms with E-state index in [1.807, 2.05) is 53.4 Å². The summed E-state index contributed by atoms with van der Waals surface area (Å²) in [6.07, 6.45) is 6.50. The van der Waals surface area contributed by atoms with Crippen molar-refractivity contribution in [3.63, 3.8) is 0 Å². The second-order valence-electron chi connectivity index (χ2n) is 12.6. The summed E-state index contributed by atoms with van der Waals surface area (Å²) in [5, 5.41) is 3.61. The predicted molar refractivity (Wildman–Crippen MR) is 155 cm³/mol. The van der Waals surface area contributed by atoms with Crippen molar-refractivity contribution < 1.29 is 9.59 Å². The van der Waals surface area contributed by atoms with Crippen LogP contribution in [0.15, 0.2) is 91.0 Å². The summed E-state index contributed by atoms with van der Waals surface area (Å²) in [5.74, 6) is 1.10. The first-order chi connectivity index (χ1) is 19.6. The van der Waals surface area contributed by atoms with Crippen LogP contribution in [0.4, 0.5) is 0 Å². The Labute approximate surface area is 235 Å². The van der Waals surface area contributed by atoms with Crippen molar-refractivity contribution in [1.82, 2.24) is 10.2 Å². The highest BCUT2D eigenvalue weighted by molar-refractivity contribution is 5.95. The van der Waals surface area contributed by atoms with Crippen molar-refractivity contribution in [2.75, 3.05) is 26.2 Å². The number of amides is 2. The standard InChI is InChI=1S/C35H35N3O2/c36-32(40)33(26-12-5-2-6-13-26)18-20-38(31(39)24-10-3-1-4-11-24)22-28(33)35-29(25-16-19-37-21-25)34(35)17-15-23-9-7-8-14-27(23)30(34)35/h1-15,17,25,28-30,37H,16,18-22H2,(H2,36,40). The third kappa shape index (κ3) is 2.86. The first kappa shape index (κ1) is 24.1. The summed E-state index contributed by atoms with van der Waals surface area (Å²) in [6, 6.07) is 28.5. The average molecular weight is 530 g/mol. The van der Waals surface area contributed by atoms with E-state index < -0.39 is 5.41 Å². The molecule has 2 saturated carbocycles. The van der Waals surface area contributed by atoms with E-state index >= 15 is 0 Å². The SMILES string of the molecule is NC(=O)C1(c2ccccc2)CCN(C(=O)c2ccccc2)CC1C12C3c4ccccc4C=CC31C2C1CCNC1. The van der Waals surface area contributed by atoms with E-state index in [0.717, 1.165) is 25.1 Å². The highest BCUT2D eigenvalue weighted by atomic mass is 16.2. The van der Waals surface area contributed by atoms with Gasteiger partial charge >= 0.3 is 0 Å². The number of hydrogen-bond acceptors (Lipinski definition) is 3. The van der Waals surface area contributed by atoms with Gasteiger partial charge in [-0.15, -0.1) is 0 Å². The van der Waals surface area contributed by atoms with Crippen LogP contribution in [0.5, 0.6) is 0 Å². The molecule has 7 atom stereocenters. The van der Waals surface area contributed by atoms with Gasteiger partial charge in [0.05, 0.1) is 5.41 Å². The van der Waals surface area contributed by atoms with Gasteiger partial charge in [0.15, 0.2) is 0 Å². The summed E-state index contributed by atoms with van der Waals surface area (Å²) in [6.45, 7) is 3.11. The van der Waals surface area contributed by atoms with Gasteiger partial charge < -0.3 is 16.0 Å². The van der Waals surface area contributed by atoms with Crippen LogP contribution in [0, 0.1) is 28.6 Å². The Morgan fingerprint density at radius 3 is 2.38 bits per heavy atom. The molecular weight excluding hydrogens is 494 g/mol. The van der Waals surface area contributed by atoms with Gasteiger partial charge in [0.25, 0.3) is 5.91 Å². The molecule has 202 valence electrons. The van der Waals surface area contributed by atoms with Crippen molar-refractivity contribution in [3.05, 3.63) is 113 Å². The number of likely N-dealkylation sites (tertiary alicyclic amines) is 1. The fraction of sp³-hybridized carbons (Fsp3) is 0.371. The van der Waals surface area contributed by atoms with Gasteiger partial charge in [0.2, 0.25) is 5.91 Å². The normalized spacial score (nSPS) is 36.8. The Balaban J connectivity index is 1.30. The number of piperidine rings is 1. The largest absolute Gasteiger partial charge is 0.369 e. The molecule has 3 aromatic rings. The summed E-state index contributed by atoms with van der Waals surface area (Å²) in [4.78, 5) is 29.8. The summed E-state index contributed by atoms with van der Waals surface area (Å²) >= 11 is 0. The maximum atomic E-state index is 13.9. The minimum absolute atomic E-state index is 0.0248. The highest BCUT2D eigenvalue weighted by Crippen LogP contribution is 3.03. The molecule has 5 nitrogen and oxygen atoms in total. The number of nitrogens with one attached hydrogen (secondary N) is 1. The van der Waals surface area contributed by atoms with Crippen LogP contribution >= 0.6 is 0 Å². The van der Waals surface area contributed by atoms with Crippen molar-refractivity contribution in [3.8, 4) is 0 Å². The first-order valence-electron chi connectivity index (χ1n) is 14.8. The number of benzene rings is 3. The van der Waals surface area contributed by atoms with E-state index in [0.29, 0.717) is 42.8 Å². The Morgan fingerprint density at radius 2 is 1.65 bits per heavy atom. The van der Waals surface area contributed by atoms with Gasteiger partial charge in [-0.2, -0.15) is 0 Å². The zero-order valence-electron chi connectivity index (χ0n) is 22.6. The van der Waals surface area contributed by atoms with Crippen LogP contribution in [0.25, 0.3) is 6.08 Å². The van der Waals surface area contributed by atoms with Gasteiger partial charge in [0.1, 0.15) is 0 Å². The lowest BCUT2D eigenvalue weighted by molar-refractivity contribution is -0.129. The third-order valence-electron chi connectivity index (χ3n) is 11.4. The van der Waals surface area contributed by atoms with Crippen molar-refractivity contribution >= 4 is 17.9 Å². The van der Waals surface area contributed by atoms with E-state index in [1.54, 1.807) is 0 Å². The van der Waals surface area contributed by atoms with E-state index in [-0.39, 0.29) is 28.6 Å². The summed E-state index contributed by atoms with van der Waals surface area (Å²) in [5.41, 5.74) is 9.97. The van der Waals surface area contributed by atoms with Crippen LogP contribution < -0.4 is 11.1 Å². The number of fused-ring (bicyclic) bond motifs is 3. The molecule has 2 aliphatic heterocycles. The van der Waals surface area contributed by atoms with Gasteiger partial charge in [-0.05, 0) is 72.0 Å². The van der Waals surface area contributed by atoms with Crippen LogP contribution in [0.3, 0.4) is 0 Å². The van der Waals surface area contributed by atoms with Crippen LogP contribution in [-0.2, 0) is 10.2 Å². The Hall–Kier alpha value is -3.70. The van der Waals surface area contributed by atoms with E-state index in [4.69, 9.17) is 5.73 Å². The van der Waals surface area contributed by atoms with Crippen molar-refractivity contribution in [2.45, 2.75) is 24.2 Å².